The van der Waals surface area contributed by atoms with Gasteiger partial charge in [-0.2, -0.15) is 0 Å². The SMILES string of the molecule is C/C=C/C1(F)CCNCC1. The number of hydrogen-bond acceptors (Lipinski definition) is 1. The van der Waals surface area contributed by atoms with Crippen molar-refractivity contribution in [3.8, 4) is 0 Å². The molecule has 2 heteroatoms. The molecular weight excluding hydrogens is 129 g/mol. The molecule has 1 nitrogen and oxygen atoms in total. The second-order valence-electron chi connectivity index (χ2n) is 2.78. The average molecular weight is 143 g/mol. The third-order valence-corrected chi connectivity index (χ3v) is 1.90. The predicted octanol–water partition coefficient (Wildman–Crippen LogP) is 1.65. The Kier molecular flexibility index (Phi) is 2.44. The molecule has 0 aromatic heterocycles. The lowest BCUT2D eigenvalue weighted by Crippen LogP contribution is -2.37. The fourth-order valence-electron chi connectivity index (χ4n) is 1.31. The van der Waals surface area contributed by atoms with Crippen molar-refractivity contribution in [1.82, 2.24) is 5.32 Å². The van der Waals surface area contributed by atoms with Crippen LogP contribution in [0, 0.1) is 0 Å². The topological polar surface area (TPSA) is 12.0 Å². The van der Waals surface area contributed by atoms with Crippen molar-refractivity contribution in [2.24, 2.45) is 0 Å². The van der Waals surface area contributed by atoms with Crippen LogP contribution in [0.3, 0.4) is 0 Å². The molecule has 0 atom stereocenters. The van der Waals surface area contributed by atoms with E-state index in [1.54, 1.807) is 12.2 Å². The fraction of sp³-hybridized carbons (Fsp3) is 0.750. The maximum Gasteiger partial charge on any atom is 0.131 e. The average Bonchev–Trinajstić information content (AvgIpc) is 1.89. The van der Waals surface area contributed by atoms with Crippen molar-refractivity contribution < 1.29 is 4.39 Å². The van der Waals surface area contributed by atoms with E-state index in [9.17, 15) is 4.39 Å². The monoisotopic (exact) mass is 143 g/mol. The zero-order valence-electron chi connectivity index (χ0n) is 6.36. The Morgan fingerprint density at radius 3 is 2.50 bits per heavy atom. The van der Waals surface area contributed by atoms with Crippen LogP contribution in [0.5, 0.6) is 0 Å². The molecule has 0 bridgehead atoms. The molecule has 1 aliphatic rings. The lowest BCUT2D eigenvalue weighted by molar-refractivity contribution is 0.173. The Bertz CT molecular complexity index is 125. The number of rotatable bonds is 1. The first-order valence-electron chi connectivity index (χ1n) is 3.80. The molecule has 1 aliphatic heterocycles. The highest BCUT2D eigenvalue weighted by atomic mass is 19.1. The van der Waals surface area contributed by atoms with E-state index >= 15 is 0 Å². The van der Waals surface area contributed by atoms with E-state index in [1.165, 1.54) is 0 Å². The first-order valence-corrected chi connectivity index (χ1v) is 3.80. The highest BCUT2D eigenvalue weighted by Gasteiger charge is 2.27. The first kappa shape index (κ1) is 7.73. The summed E-state index contributed by atoms with van der Waals surface area (Å²) >= 11 is 0. The van der Waals surface area contributed by atoms with E-state index in [4.69, 9.17) is 0 Å². The van der Waals surface area contributed by atoms with Gasteiger partial charge >= 0.3 is 0 Å². The second kappa shape index (κ2) is 3.15. The summed E-state index contributed by atoms with van der Waals surface area (Å²) in [6, 6.07) is 0. The molecule has 1 fully saturated rings. The summed E-state index contributed by atoms with van der Waals surface area (Å²) in [5.74, 6) is 0. The molecule has 0 aromatic carbocycles. The molecule has 0 spiro atoms. The van der Waals surface area contributed by atoms with Gasteiger partial charge in [-0.15, -0.1) is 0 Å². The van der Waals surface area contributed by atoms with Crippen LogP contribution in [0.1, 0.15) is 19.8 Å². The molecule has 0 saturated carbocycles. The number of alkyl halides is 1. The smallest absolute Gasteiger partial charge is 0.131 e. The number of allylic oxidation sites excluding steroid dienone is 2. The first-order chi connectivity index (χ1) is 4.77. The van der Waals surface area contributed by atoms with Gasteiger partial charge < -0.3 is 5.32 Å². The lowest BCUT2D eigenvalue weighted by atomic mass is 9.94. The van der Waals surface area contributed by atoms with E-state index in [0.29, 0.717) is 12.8 Å². The zero-order chi connectivity index (χ0) is 7.45. The summed E-state index contributed by atoms with van der Waals surface area (Å²) in [4.78, 5) is 0. The van der Waals surface area contributed by atoms with Gasteiger partial charge in [0.2, 0.25) is 0 Å². The van der Waals surface area contributed by atoms with Gasteiger partial charge in [0.15, 0.2) is 0 Å². The van der Waals surface area contributed by atoms with Crippen LogP contribution in [0.4, 0.5) is 4.39 Å². The summed E-state index contributed by atoms with van der Waals surface area (Å²) in [5, 5.41) is 3.12. The Hall–Kier alpha value is -0.370. The number of piperidine rings is 1. The summed E-state index contributed by atoms with van der Waals surface area (Å²) in [5.41, 5.74) is -1.01. The molecule has 1 heterocycles. The zero-order valence-corrected chi connectivity index (χ0v) is 6.36. The second-order valence-corrected chi connectivity index (χ2v) is 2.78. The van der Waals surface area contributed by atoms with Gasteiger partial charge in [0.25, 0.3) is 0 Å². The molecule has 0 aromatic rings. The Morgan fingerprint density at radius 2 is 2.00 bits per heavy atom. The van der Waals surface area contributed by atoms with Crippen LogP contribution in [0.2, 0.25) is 0 Å². The number of nitrogens with one attached hydrogen (secondary N) is 1. The Morgan fingerprint density at radius 1 is 1.40 bits per heavy atom. The largest absolute Gasteiger partial charge is 0.316 e. The highest BCUT2D eigenvalue weighted by molar-refractivity contribution is 5.02. The number of halogens is 1. The minimum Gasteiger partial charge on any atom is -0.316 e. The molecule has 0 radical (unpaired) electrons. The maximum absolute atomic E-state index is 13.4. The van der Waals surface area contributed by atoms with E-state index in [-0.39, 0.29) is 0 Å². The van der Waals surface area contributed by atoms with E-state index in [2.05, 4.69) is 5.32 Å². The molecular formula is C8H14FN. The molecule has 0 amide bonds. The van der Waals surface area contributed by atoms with Gasteiger partial charge in [-0.05, 0) is 32.9 Å². The third-order valence-electron chi connectivity index (χ3n) is 1.90. The van der Waals surface area contributed by atoms with Crippen molar-refractivity contribution in [3.05, 3.63) is 12.2 Å². The Labute approximate surface area is 61.3 Å². The van der Waals surface area contributed by atoms with Gasteiger partial charge in [0.05, 0.1) is 0 Å². The molecule has 0 aliphatic carbocycles. The van der Waals surface area contributed by atoms with Gasteiger partial charge in [-0.25, -0.2) is 4.39 Å². The van der Waals surface area contributed by atoms with Crippen molar-refractivity contribution in [2.45, 2.75) is 25.4 Å². The van der Waals surface area contributed by atoms with Crippen LogP contribution >= 0.6 is 0 Å². The summed E-state index contributed by atoms with van der Waals surface area (Å²) in [6.07, 6.45) is 4.72. The van der Waals surface area contributed by atoms with E-state index in [1.807, 2.05) is 6.92 Å². The summed E-state index contributed by atoms with van der Waals surface area (Å²) in [7, 11) is 0. The van der Waals surface area contributed by atoms with E-state index in [0.717, 1.165) is 13.1 Å². The standard InChI is InChI=1S/C8H14FN/c1-2-3-8(9)4-6-10-7-5-8/h2-3,10H,4-7H2,1H3/b3-2+. The van der Waals surface area contributed by atoms with Crippen LogP contribution < -0.4 is 5.32 Å². The maximum atomic E-state index is 13.4. The molecule has 58 valence electrons. The van der Waals surface area contributed by atoms with Crippen molar-refractivity contribution in [3.63, 3.8) is 0 Å². The lowest BCUT2D eigenvalue weighted by Gasteiger charge is -2.26. The normalized spacial score (nSPS) is 25.4. The van der Waals surface area contributed by atoms with Crippen LogP contribution in [-0.2, 0) is 0 Å². The molecule has 0 unspecified atom stereocenters. The van der Waals surface area contributed by atoms with Crippen molar-refractivity contribution >= 4 is 0 Å². The minimum atomic E-state index is -1.01. The quantitative estimate of drug-likeness (QED) is 0.550. The van der Waals surface area contributed by atoms with Crippen LogP contribution in [-0.4, -0.2) is 18.8 Å². The highest BCUT2D eigenvalue weighted by Crippen LogP contribution is 2.24. The number of hydrogen-bond donors (Lipinski definition) is 1. The fourth-order valence-corrected chi connectivity index (χ4v) is 1.31. The molecule has 1 N–H and O–H groups in total. The summed E-state index contributed by atoms with van der Waals surface area (Å²) in [6.45, 7) is 3.48. The van der Waals surface area contributed by atoms with Crippen LogP contribution in [0.15, 0.2) is 12.2 Å². The summed E-state index contributed by atoms with van der Waals surface area (Å²) < 4.78 is 13.4. The molecule has 1 saturated heterocycles. The third kappa shape index (κ3) is 1.81. The van der Waals surface area contributed by atoms with Gasteiger partial charge in [-0.3, -0.25) is 0 Å². The van der Waals surface area contributed by atoms with Crippen molar-refractivity contribution in [2.75, 3.05) is 13.1 Å². The Balaban J connectivity index is 2.48. The minimum absolute atomic E-state index is 0.622. The van der Waals surface area contributed by atoms with Gasteiger partial charge in [0, 0.05) is 0 Å². The molecule has 1 rings (SSSR count). The van der Waals surface area contributed by atoms with Crippen molar-refractivity contribution in [1.29, 1.82) is 0 Å². The van der Waals surface area contributed by atoms with Gasteiger partial charge in [-0.1, -0.05) is 12.2 Å². The molecule has 10 heavy (non-hydrogen) atoms. The van der Waals surface area contributed by atoms with Gasteiger partial charge in [0.1, 0.15) is 5.67 Å². The van der Waals surface area contributed by atoms with Crippen LogP contribution in [0.25, 0.3) is 0 Å². The predicted molar refractivity (Wildman–Crippen MR) is 40.8 cm³/mol. The van der Waals surface area contributed by atoms with E-state index < -0.39 is 5.67 Å².